The molecule has 0 aromatic carbocycles. The third kappa shape index (κ3) is 2.78. The monoisotopic (exact) mass is 237 g/mol. The van der Waals surface area contributed by atoms with Gasteiger partial charge in [0.05, 0.1) is 24.5 Å². The Labute approximate surface area is 101 Å². The molecule has 0 spiro atoms. The third-order valence-electron chi connectivity index (χ3n) is 3.27. The van der Waals surface area contributed by atoms with Crippen LogP contribution in [0.15, 0.2) is 6.20 Å². The summed E-state index contributed by atoms with van der Waals surface area (Å²) in [5.41, 5.74) is 1.85. The number of nitrogens with one attached hydrogen (secondary N) is 1. The maximum atomic E-state index is 11.0. The Morgan fingerprint density at radius 1 is 1.59 bits per heavy atom. The minimum absolute atomic E-state index is 0.188. The molecular formula is C12H19N3O2. The van der Waals surface area contributed by atoms with Crippen LogP contribution in [-0.4, -0.2) is 29.4 Å². The number of ether oxygens (including phenoxy) is 1. The summed E-state index contributed by atoms with van der Waals surface area (Å²) in [6, 6.07) is 0.530. The fraction of sp³-hybridized carbons (Fsp3) is 0.667. The van der Waals surface area contributed by atoms with Gasteiger partial charge in [-0.05, 0) is 19.8 Å². The van der Waals surface area contributed by atoms with Gasteiger partial charge in [-0.1, -0.05) is 12.8 Å². The van der Waals surface area contributed by atoms with Crippen LogP contribution in [-0.2, 0) is 9.53 Å². The van der Waals surface area contributed by atoms with Crippen LogP contribution in [0.25, 0.3) is 0 Å². The average molecular weight is 237 g/mol. The van der Waals surface area contributed by atoms with Gasteiger partial charge >= 0.3 is 5.97 Å². The number of aryl methyl sites for hydroxylation is 1. The number of esters is 1. The predicted octanol–water partition coefficient (Wildman–Crippen LogP) is 1.89. The van der Waals surface area contributed by atoms with Crippen LogP contribution < -0.4 is 5.32 Å². The Morgan fingerprint density at radius 2 is 2.29 bits per heavy atom. The van der Waals surface area contributed by atoms with Gasteiger partial charge in [-0.3, -0.25) is 9.48 Å². The zero-order valence-electron chi connectivity index (χ0n) is 10.4. The van der Waals surface area contributed by atoms with Crippen molar-refractivity contribution in [2.75, 3.05) is 19.0 Å². The van der Waals surface area contributed by atoms with E-state index in [0.29, 0.717) is 6.04 Å². The van der Waals surface area contributed by atoms with Crippen LogP contribution in [0.5, 0.6) is 0 Å². The lowest BCUT2D eigenvalue weighted by Gasteiger charge is -2.08. The molecule has 0 unspecified atom stereocenters. The van der Waals surface area contributed by atoms with Crippen LogP contribution >= 0.6 is 0 Å². The van der Waals surface area contributed by atoms with E-state index in [-0.39, 0.29) is 12.5 Å². The second kappa shape index (κ2) is 5.21. The van der Waals surface area contributed by atoms with Gasteiger partial charge in [0.1, 0.15) is 6.54 Å². The van der Waals surface area contributed by atoms with Gasteiger partial charge in [0.25, 0.3) is 0 Å². The van der Waals surface area contributed by atoms with Crippen molar-refractivity contribution in [1.29, 1.82) is 0 Å². The first-order chi connectivity index (χ1) is 8.20. The molecule has 1 fully saturated rings. The number of rotatable bonds is 4. The molecule has 1 saturated carbocycles. The SMILES string of the molecule is COC(=O)CNc1cn(C2CCCC2)nc1C. The largest absolute Gasteiger partial charge is 0.468 e. The third-order valence-corrected chi connectivity index (χ3v) is 3.27. The summed E-state index contributed by atoms with van der Waals surface area (Å²) in [6.45, 7) is 2.14. The maximum Gasteiger partial charge on any atom is 0.325 e. The topological polar surface area (TPSA) is 56.1 Å². The van der Waals surface area contributed by atoms with E-state index in [0.717, 1.165) is 11.4 Å². The van der Waals surface area contributed by atoms with E-state index >= 15 is 0 Å². The first-order valence-electron chi connectivity index (χ1n) is 6.07. The lowest BCUT2D eigenvalue weighted by Crippen LogP contribution is -2.15. The number of carbonyl (C=O) groups is 1. The molecule has 1 N–H and O–H groups in total. The van der Waals surface area contributed by atoms with E-state index < -0.39 is 0 Å². The highest BCUT2D eigenvalue weighted by molar-refractivity contribution is 5.74. The van der Waals surface area contributed by atoms with Gasteiger partial charge in [-0.25, -0.2) is 0 Å². The molecule has 2 rings (SSSR count). The van der Waals surface area contributed by atoms with Crippen molar-refractivity contribution < 1.29 is 9.53 Å². The Balaban J connectivity index is 2.00. The molecule has 0 bridgehead atoms. The summed E-state index contributed by atoms with van der Waals surface area (Å²) in [4.78, 5) is 11.0. The summed E-state index contributed by atoms with van der Waals surface area (Å²) >= 11 is 0. The molecule has 0 atom stereocenters. The number of anilines is 1. The maximum absolute atomic E-state index is 11.0. The van der Waals surface area contributed by atoms with Crippen LogP contribution in [0.1, 0.15) is 37.4 Å². The van der Waals surface area contributed by atoms with Crippen molar-refractivity contribution in [3.05, 3.63) is 11.9 Å². The van der Waals surface area contributed by atoms with E-state index in [1.54, 1.807) is 0 Å². The number of hydrogen-bond acceptors (Lipinski definition) is 4. The van der Waals surface area contributed by atoms with Gasteiger partial charge in [-0.2, -0.15) is 5.10 Å². The summed E-state index contributed by atoms with van der Waals surface area (Å²) in [5.74, 6) is -0.266. The molecule has 1 aliphatic carbocycles. The number of methoxy groups -OCH3 is 1. The summed E-state index contributed by atoms with van der Waals surface area (Å²) < 4.78 is 6.62. The van der Waals surface area contributed by atoms with Crippen LogP contribution in [0.3, 0.4) is 0 Å². The molecule has 17 heavy (non-hydrogen) atoms. The fourth-order valence-corrected chi connectivity index (χ4v) is 2.25. The lowest BCUT2D eigenvalue weighted by molar-refractivity contribution is -0.138. The highest BCUT2D eigenvalue weighted by Crippen LogP contribution is 2.30. The first-order valence-corrected chi connectivity index (χ1v) is 6.07. The Kier molecular flexibility index (Phi) is 3.66. The normalized spacial score (nSPS) is 16.1. The van der Waals surface area contributed by atoms with Crippen LogP contribution in [0.4, 0.5) is 5.69 Å². The Bertz CT molecular complexity index is 394. The highest BCUT2D eigenvalue weighted by Gasteiger charge is 2.18. The van der Waals surface area contributed by atoms with Gasteiger partial charge in [0.15, 0.2) is 0 Å². The van der Waals surface area contributed by atoms with Gasteiger partial charge in [0.2, 0.25) is 0 Å². The molecule has 0 saturated heterocycles. The lowest BCUT2D eigenvalue weighted by atomic mass is 10.3. The minimum Gasteiger partial charge on any atom is -0.468 e. The number of hydrogen-bond donors (Lipinski definition) is 1. The molecule has 1 heterocycles. The van der Waals surface area contributed by atoms with E-state index in [1.807, 2.05) is 17.8 Å². The molecular weight excluding hydrogens is 218 g/mol. The molecule has 94 valence electrons. The van der Waals surface area contributed by atoms with E-state index in [9.17, 15) is 4.79 Å². The molecule has 0 aliphatic heterocycles. The molecule has 1 aromatic heterocycles. The second-order valence-electron chi connectivity index (χ2n) is 4.48. The van der Waals surface area contributed by atoms with E-state index in [1.165, 1.54) is 32.8 Å². The Hall–Kier alpha value is -1.52. The first kappa shape index (κ1) is 12.0. The van der Waals surface area contributed by atoms with Gasteiger partial charge in [0, 0.05) is 6.20 Å². The molecule has 0 radical (unpaired) electrons. The van der Waals surface area contributed by atoms with Crippen molar-refractivity contribution >= 4 is 11.7 Å². The van der Waals surface area contributed by atoms with Crippen molar-refractivity contribution in [3.63, 3.8) is 0 Å². The molecule has 0 amide bonds. The molecule has 1 aliphatic rings. The van der Waals surface area contributed by atoms with Gasteiger partial charge < -0.3 is 10.1 Å². The fourth-order valence-electron chi connectivity index (χ4n) is 2.25. The summed E-state index contributed by atoms with van der Waals surface area (Å²) in [5, 5.41) is 7.55. The smallest absolute Gasteiger partial charge is 0.325 e. The van der Waals surface area contributed by atoms with Crippen LogP contribution in [0, 0.1) is 6.92 Å². The molecule has 1 aromatic rings. The summed E-state index contributed by atoms with van der Waals surface area (Å²) in [7, 11) is 1.39. The zero-order chi connectivity index (χ0) is 12.3. The molecule has 5 heteroatoms. The number of aromatic nitrogens is 2. The predicted molar refractivity (Wildman–Crippen MR) is 65.0 cm³/mol. The van der Waals surface area contributed by atoms with E-state index in [2.05, 4.69) is 15.2 Å². The van der Waals surface area contributed by atoms with Crippen molar-refractivity contribution in [1.82, 2.24) is 9.78 Å². The molecule has 5 nitrogen and oxygen atoms in total. The van der Waals surface area contributed by atoms with Crippen LogP contribution in [0.2, 0.25) is 0 Å². The number of carbonyl (C=O) groups excluding carboxylic acids is 1. The standard InChI is InChI=1S/C12H19N3O2/c1-9-11(13-7-12(16)17-2)8-15(14-9)10-5-3-4-6-10/h8,10,13H,3-7H2,1-2H3. The van der Waals surface area contributed by atoms with Crippen molar-refractivity contribution in [3.8, 4) is 0 Å². The summed E-state index contributed by atoms with van der Waals surface area (Å²) in [6.07, 6.45) is 6.98. The Morgan fingerprint density at radius 3 is 2.94 bits per heavy atom. The minimum atomic E-state index is -0.266. The number of nitrogens with zero attached hydrogens (tertiary/aromatic N) is 2. The van der Waals surface area contributed by atoms with E-state index in [4.69, 9.17) is 0 Å². The van der Waals surface area contributed by atoms with Crippen molar-refractivity contribution in [2.24, 2.45) is 0 Å². The second-order valence-corrected chi connectivity index (χ2v) is 4.48. The zero-order valence-corrected chi connectivity index (χ0v) is 10.4. The quantitative estimate of drug-likeness (QED) is 0.812. The highest BCUT2D eigenvalue weighted by atomic mass is 16.5. The van der Waals surface area contributed by atoms with Gasteiger partial charge in [-0.15, -0.1) is 0 Å². The van der Waals surface area contributed by atoms with Crippen molar-refractivity contribution in [2.45, 2.75) is 38.6 Å². The average Bonchev–Trinajstić information content (AvgIpc) is 2.95.